The molecule has 2 N–H and O–H groups in total. The van der Waals surface area contributed by atoms with E-state index in [4.69, 9.17) is 9.47 Å². The molecule has 0 aromatic heterocycles. The predicted molar refractivity (Wildman–Crippen MR) is 112 cm³/mol. The molecular weight excluding hydrogens is 386 g/mol. The second-order valence-corrected chi connectivity index (χ2v) is 6.88. The number of anilines is 1. The third-order valence-electron chi connectivity index (χ3n) is 4.90. The van der Waals surface area contributed by atoms with Gasteiger partial charge in [-0.15, -0.1) is 0 Å². The Hall–Kier alpha value is -3.55. The molecular formula is C22H25N3O5. The summed E-state index contributed by atoms with van der Waals surface area (Å²) in [5, 5.41) is 5.43. The van der Waals surface area contributed by atoms with Crippen LogP contribution in [0, 0.1) is 0 Å². The molecule has 0 radical (unpaired) electrons. The molecule has 8 nitrogen and oxygen atoms in total. The molecule has 8 heteroatoms. The third-order valence-corrected chi connectivity index (χ3v) is 4.90. The lowest BCUT2D eigenvalue weighted by molar-refractivity contribution is -0.127. The lowest BCUT2D eigenvalue weighted by Crippen LogP contribution is -2.33. The van der Waals surface area contributed by atoms with Crippen LogP contribution < -0.4 is 20.1 Å². The highest BCUT2D eigenvalue weighted by atomic mass is 16.5. The lowest BCUT2D eigenvalue weighted by Gasteiger charge is -2.13. The number of nitrogens with one attached hydrogen (secondary N) is 2. The minimum atomic E-state index is -0.690. The Kier molecular flexibility index (Phi) is 6.90. The number of hydrogen-bond donors (Lipinski definition) is 2. The molecule has 1 saturated heterocycles. The van der Waals surface area contributed by atoms with E-state index < -0.39 is 12.1 Å². The van der Waals surface area contributed by atoms with Crippen LogP contribution in [-0.4, -0.2) is 49.6 Å². The Bertz CT molecular complexity index is 916. The van der Waals surface area contributed by atoms with Crippen molar-refractivity contribution in [2.75, 3.05) is 26.1 Å². The number of carbonyl (C=O) groups is 3. The Morgan fingerprint density at radius 1 is 1.07 bits per heavy atom. The summed E-state index contributed by atoms with van der Waals surface area (Å²) in [5.41, 5.74) is 1.61. The summed E-state index contributed by atoms with van der Waals surface area (Å²) in [6.45, 7) is 0.309. The van der Waals surface area contributed by atoms with Gasteiger partial charge in [-0.3, -0.25) is 14.5 Å². The summed E-state index contributed by atoms with van der Waals surface area (Å²) in [6, 6.07) is 13.6. The largest absolute Gasteiger partial charge is 0.493 e. The normalized spacial score (nSPS) is 15.7. The molecule has 1 fully saturated rings. The van der Waals surface area contributed by atoms with Crippen LogP contribution in [-0.2, 0) is 16.0 Å². The third kappa shape index (κ3) is 5.08. The number of hydrogen-bond acceptors (Lipinski definition) is 5. The van der Waals surface area contributed by atoms with Crippen molar-refractivity contribution in [2.45, 2.75) is 25.3 Å². The van der Waals surface area contributed by atoms with E-state index in [2.05, 4.69) is 10.6 Å². The van der Waals surface area contributed by atoms with Crippen LogP contribution in [0.2, 0.25) is 0 Å². The maximum atomic E-state index is 12.5. The van der Waals surface area contributed by atoms with Gasteiger partial charge in [-0.1, -0.05) is 30.3 Å². The first-order valence-electron chi connectivity index (χ1n) is 9.69. The van der Waals surface area contributed by atoms with Crippen molar-refractivity contribution in [2.24, 2.45) is 0 Å². The molecule has 2 aromatic rings. The summed E-state index contributed by atoms with van der Waals surface area (Å²) in [7, 11) is 3.05. The number of methoxy groups -OCH3 is 2. The molecule has 0 spiro atoms. The van der Waals surface area contributed by atoms with Crippen molar-refractivity contribution in [3.05, 3.63) is 54.1 Å². The zero-order valence-corrected chi connectivity index (χ0v) is 17.0. The average Bonchev–Trinajstić information content (AvgIpc) is 3.04. The van der Waals surface area contributed by atoms with Crippen molar-refractivity contribution in [3.63, 3.8) is 0 Å². The van der Waals surface area contributed by atoms with Gasteiger partial charge in [0.05, 0.1) is 14.2 Å². The fourth-order valence-corrected chi connectivity index (χ4v) is 3.28. The van der Waals surface area contributed by atoms with Gasteiger partial charge < -0.3 is 20.1 Å². The molecule has 1 heterocycles. The average molecular weight is 411 g/mol. The van der Waals surface area contributed by atoms with Gasteiger partial charge in [0.15, 0.2) is 11.5 Å². The number of rotatable bonds is 9. The standard InChI is InChI=1S/C22H25N3O5/c1-29-18-10-8-16(14-19(18)30-2)23-20(26)11-9-17-21(27)25(22(28)24-17)13-12-15-6-4-3-5-7-15/h3-8,10,14,17H,9,11-13H2,1-2H3,(H,23,26)(H,24,28)/t17-/m0/s1. The number of amides is 4. The first kappa shape index (κ1) is 21.2. The van der Waals surface area contributed by atoms with E-state index in [1.807, 2.05) is 30.3 Å². The molecule has 2 aromatic carbocycles. The van der Waals surface area contributed by atoms with Crippen molar-refractivity contribution >= 4 is 23.5 Å². The predicted octanol–water partition coefficient (Wildman–Crippen LogP) is 2.59. The van der Waals surface area contributed by atoms with Crippen LogP contribution in [0.15, 0.2) is 48.5 Å². The Morgan fingerprint density at radius 3 is 2.50 bits per heavy atom. The highest BCUT2D eigenvalue weighted by molar-refractivity contribution is 6.04. The van der Waals surface area contributed by atoms with Crippen LogP contribution >= 0.6 is 0 Å². The van der Waals surface area contributed by atoms with E-state index >= 15 is 0 Å². The molecule has 158 valence electrons. The minimum absolute atomic E-state index is 0.0948. The molecule has 4 amide bonds. The molecule has 0 bridgehead atoms. The van der Waals surface area contributed by atoms with Crippen LogP contribution in [0.25, 0.3) is 0 Å². The van der Waals surface area contributed by atoms with Crippen LogP contribution in [0.5, 0.6) is 11.5 Å². The molecule has 0 saturated carbocycles. The number of nitrogens with zero attached hydrogens (tertiary/aromatic N) is 1. The summed E-state index contributed by atoms with van der Waals surface area (Å²) in [4.78, 5) is 38.2. The SMILES string of the molecule is COc1ccc(NC(=O)CC[C@@H]2NC(=O)N(CCc3ccccc3)C2=O)cc1OC. The molecule has 1 aliphatic heterocycles. The van der Waals surface area contributed by atoms with Gasteiger partial charge in [-0.25, -0.2) is 4.79 Å². The summed E-state index contributed by atoms with van der Waals surface area (Å²) in [5.74, 6) is 0.509. The van der Waals surface area contributed by atoms with Crippen molar-refractivity contribution in [1.29, 1.82) is 0 Å². The fraction of sp³-hybridized carbons (Fsp3) is 0.318. The number of imide groups is 1. The summed E-state index contributed by atoms with van der Waals surface area (Å²) >= 11 is 0. The maximum Gasteiger partial charge on any atom is 0.324 e. The maximum absolute atomic E-state index is 12.5. The Balaban J connectivity index is 1.50. The minimum Gasteiger partial charge on any atom is -0.493 e. The zero-order valence-electron chi connectivity index (χ0n) is 17.0. The van der Waals surface area contributed by atoms with Crippen LogP contribution in [0.3, 0.4) is 0 Å². The summed E-state index contributed by atoms with van der Waals surface area (Å²) < 4.78 is 10.4. The van der Waals surface area contributed by atoms with E-state index in [9.17, 15) is 14.4 Å². The van der Waals surface area contributed by atoms with E-state index in [1.165, 1.54) is 19.1 Å². The smallest absolute Gasteiger partial charge is 0.324 e. The van der Waals surface area contributed by atoms with Crippen LogP contribution in [0.4, 0.5) is 10.5 Å². The molecule has 1 atom stereocenters. The highest BCUT2D eigenvalue weighted by Gasteiger charge is 2.37. The topological polar surface area (TPSA) is 97.0 Å². The molecule has 3 rings (SSSR count). The number of carbonyl (C=O) groups excluding carboxylic acids is 3. The van der Waals surface area contributed by atoms with E-state index in [0.717, 1.165) is 5.56 Å². The van der Waals surface area contributed by atoms with Crippen molar-refractivity contribution in [3.8, 4) is 11.5 Å². The molecule has 0 aliphatic carbocycles. The van der Waals surface area contributed by atoms with E-state index in [1.54, 1.807) is 18.2 Å². The fourth-order valence-electron chi connectivity index (χ4n) is 3.28. The second-order valence-electron chi connectivity index (χ2n) is 6.88. The van der Waals surface area contributed by atoms with Crippen LogP contribution in [0.1, 0.15) is 18.4 Å². The number of benzene rings is 2. The van der Waals surface area contributed by atoms with E-state index in [-0.39, 0.29) is 24.7 Å². The first-order chi connectivity index (χ1) is 14.5. The molecule has 30 heavy (non-hydrogen) atoms. The lowest BCUT2D eigenvalue weighted by atomic mass is 10.1. The van der Waals surface area contributed by atoms with Gasteiger partial charge in [-0.2, -0.15) is 0 Å². The van der Waals surface area contributed by atoms with Gasteiger partial charge >= 0.3 is 6.03 Å². The Labute approximate surface area is 175 Å². The van der Waals surface area contributed by atoms with Crippen molar-refractivity contribution < 1.29 is 23.9 Å². The number of urea groups is 1. The Morgan fingerprint density at radius 2 is 1.80 bits per heavy atom. The van der Waals surface area contributed by atoms with Gasteiger partial charge in [0.2, 0.25) is 5.91 Å². The van der Waals surface area contributed by atoms with Gasteiger partial charge in [0, 0.05) is 24.7 Å². The quantitative estimate of drug-likeness (QED) is 0.618. The first-order valence-corrected chi connectivity index (χ1v) is 9.69. The highest BCUT2D eigenvalue weighted by Crippen LogP contribution is 2.29. The van der Waals surface area contributed by atoms with Gasteiger partial charge in [0.1, 0.15) is 6.04 Å². The monoisotopic (exact) mass is 411 g/mol. The van der Waals surface area contributed by atoms with Gasteiger partial charge in [-0.05, 0) is 30.5 Å². The summed E-state index contributed by atoms with van der Waals surface area (Å²) in [6.07, 6.45) is 0.912. The zero-order chi connectivity index (χ0) is 21.5. The molecule has 0 unspecified atom stereocenters. The number of ether oxygens (including phenoxy) is 2. The van der Waals surface area contributed by atoms with Crippen molar-refractivity contribution in [1.82, 2.24) is 10.2 Å². The van der Waals surface area contributed by atoms with E-state index in [0.29, 0.717) is 30.2 Å². The van der Waals surface area contributed by atoms with Gasteiger partial charge in [0.25, 0.3) is 5.91 Å². The molecule has 1 aliphatic rings. The second kappa shape index (κ2) is 9.78.